The Morgan fingerprint density at radius 2 is 1.50 bits per heavy atom. The SMILES string of the molecule is COc1ccc(CNCc2cc(Br)c(OCc3ccccc3)c(OC)c2)cc1. The van der Waals surface area contributed by atoms with Crippen molar-refractivity contribution in [3.63, 3.8) is 0 Å². The van der Waals surface area contributed by atoms with Gasteiger partial charge in [0.1, 0.15) is 12.4 Å². The van der Waals surface area contributed by atoms with Crippen molar-refractivity contribution >= 4 is 15.9 Å². The van der Waals surface area contributed by atoms with E-state index in [0.29, 0.717) is 18.1 Å². The van der Waals surface area contributed by atoms with Crippen LogP contribution in [-0.2, 0) is 19.7 Å². The van der Waals surface area contributed by atoms with E-state index in [1.54, 1.807) is 14.2 Å². The number of benzene rings is 3. The number of hydrogen-bond acceptors (Lipinski definition) is 4. The van der Waals surface area contributed by atoms with E-state index in [2.05, 4.69) is 39.4 Å². The molecule has 0 amide bonds. The fourth-order valence-electron chi connectivity index (χ4n) is 2.84. The molecule has 0 aromatic heterocycles. The average molecular weight is 442 g/mol. The highest BCUT2D eigenvalue weighted by Gasteiger charge is 2.12. The van der Waals surface area contributed by atoms with Gasteiger partial charge in [-0.05, 0) is 56.9 Å². The molecule has 0 bridgehead atoms. The van der Waals surface area contributed by atoms with E-state index in [1.165, 1.54) is 5.56 Å². The number of hydrogen-bond donors (Lipinski definition) is 1. The van der Waals surface area contributed by atoms with Crippen LogP contribution in [0.25, 0.3) is 0 Å². The molecule has 0 saturated carbocycles. The predicted octanol–water partition coefficient (Wildman–Crippen LogP) is 5.34. The van der Waals surface area contributed by atoms with Crippen LogP contribution in [-0.4, -0.2) is 14.2 Å². The molecule has 0 radical (unpaired) electrons. The zero-order valence-corrected chi connectivity index (χ0v) is 17.7. The maximum absolute atomic E-state index is 5.99. The van der Waals surface area contributed by atoms with Gasteiger partial charge in [-0.25, -0.2) is 0 Å². The Morgan fingerprint density at radius 3 is 2.18 bits per heavy atom. The molecule has 4 nitrogen and oxygen atoms in total. The summed E-state index contributed by atoms with van der Waals surface area (Å²) in [7, 11) is 3.33. The summed E-state index contributed by atoms with van der Waals surface area (Å²) in [5.74, 6) is 2.29. The van der Waals surface area contributed by atoms with Gasteiger partial charge < -0.3 is 19.5 Å². The minimum atomic E-state index is 0.491. The van der Waals surface area contributed by atoms with Crippen LogP contribution in [0.3, 0.4) is 0 Å². The lowest BCUT2D eigenvalue weighted by Crippen LogP contribution is -2.13. The number of methoxy groups -OCH3 is 2. The van der Waals surface area contributed by atoms with Crippen LogP contribution in [0, 0.1) is 0 Å². The van der Waals surface area contributed by atoms with Crippen molar-refractivity contribution in [2.45, 2.75) is 19.7 Å². The van der Waals surface area contributed by atoms with Crippen LogP contribution in [0.4, 0.5) is 0 Å². The van der Waals surface area contributed by atoms with Crippen LogP contribution < -0.4 is 19.5 Å². The Hall–Kier alpha value is -2.50. The summed E-state index contributed by atoms with van der Waals surface area (Å²) in [5.41, 5.74) is 3.43. The van der Waals surface area contributed by atoms with Crippen molar-refractivity contribution in [3.8, 4) is 17.2 Å². The highest BCUT2D eigenvalue weighted by Crippen LogP contribution is 2.37. The predicted molar refractivity (Wildman–Crippen MR) is 115 cm³/mol. The summed E-state index contributed by atoms with van der Waals surface area (Å²) >= 11 is 3.62. The molecular weight excluding hydrogens is 418 g/mol. The highest BCUT2D eigenvalue weighted by molar-refractivity contribution is 9.10. The van der Waals surface area contributed by atoms with Gasteiger partial charge in [0, 0.05) is 13.1 Å². The standard InChI is InChI=1S/C23H24BrNO3/c1-26-20-10-8-17(9-11-20)14-25-15-19-12-21(24)23(22(13-19)27-2)28-16-18-6-4-3-5-7-18/h3-13,25H,14-16H2,1-2H3. The van der Waals surface area contributed by atoms with Gasteiger partial charge >= 0.3 is 0 Å². The van der Waals surface area contributed by atoms with Crippen molar-refractivity contribution in [2.75, 3.05) is 14.2 Å². The summed E-state index contributed by atoms with van der Waals surface area (Å²) in [4.78, 5) is 0. The maximum Gasteiger partial charge on any atom is 0.175 e. The molecule has 0 aliphatic rings. The third kappa shape index (κ3) is 5.50. The van der Waals surface area contributed by atoms with Gasteiger partial charge in [0.15, 0.2) is 11.5 Å². The lowest BCUT2D eigenvalue weighted by molar-refractivity contribution is 0.282. The minimum Gasteiger partial charge on any atom is -0.497 e. The summed E-state index contributed by atoms with van der Waals surface area (Å²) in [6, 6.07) is 22.2. The average Bonchev–Trinajstić information content (AvgIpc) is 2.74. The monoisotopic (exact) mass is 441 g/mol. The smallest absolute Gasteiger partial charge is 0.175 e. The minimum absolute atomic E-state index is 0.491. The van der Waals surface area contributed by atoms with Gasteiger partial charge in [0.05, 0.1) is 18.7 Å². The Balaban J connectivity index is 1.61. The lowest BCUT2D eigenvalue weighted by atomic mass is 10.1. The Labute approximate surface area is 174 Å². The molecule has 28 heavy (non-hydrogen) atoms. The molecule has 0 atom stereocenters. The molecule has 3 aromatic rings. The normalized spacial score (nSPS) is 10.5. The second-order valence-electron chi connectivity index (χ2n) is 6.33. The van der Waals surface area contributed by atoms with E-state index >= 15 is 0 Å². The molecule has 146 valence electrons. The van der Waals surface area contributed by atoms with E-state index in [1.807, 2.05) is 48.5 Å². The van der Waals surface area contributed by atoms with Crippen LogP contribution in [0.2, 0.25) is 0 Å². The zero-order chi connectivity index (χ0) is 19.8. The Morgan fingerprint density at radius 1 is 0.786 bits per heavy atom. The molecule has 1 N–H and O–H groups in total. The Kier molecular flexibility index (Phi) is 7.34. The molecular formula is C23H24BrNO3. The third-order valence-corrected chi connectivity index (χ3v) is 4.92. The van der Waals surface area contributed by atoms with Crippen molar-refractivity contribution in [3.05, 3.63) is 87.9 Å². The first-order valence-corrected chi connectivity index (χ1v) is 9.85. The van der Waals surface area contributed by atoms with Crippen molar-refractivity contribution in [1.82, 2.24) is 5.32 Å². The summed E-state index contributed by atoms with van der Waals surface area (Å²) in [6.07, 6.45) is 0. The molecule has 0 aliphatic heterocycles. The topological polar surface area (TPSA) is 39.7 Å². The zero-order valence-electron chi connectivity index (χ0n) is 16.1. The van der Waals surface area contributed by atoms with E-state index in [-0.39, 0.29) is 0 Å². The molecule has 5 heteroatoms. The first kappa shape index (κ1) is 20.2. The van der Waals surface area contributed by atoms with Crippen molar-refractivity contribution < 1.29 is 14.2 Å². The van der Waals surface area contributed by atoms with Crippen LogP contribution in [0.15, 0.2) is 71.2 Å². The van der Waals surface area contributed by atoms with E-state index in [0.717, 1.165) is 34.4 Å². The maximum atomic E-state index is 5.99. The molecule has 0 heterocycles. The van der Waals surface area contributed by atoms with Gasteiger partial charge in [-0.15, -0.1) is 0 Å². The highest BCUT2D eigenvalue weighted by atomic mass is 79.9. The van der Waals surface area contributed by atoms with Crippen LogP contribution in [0.5, 0.6) is 17.2 Å². The lowest BCUT2D eigenvalue weighted by Gasteiger charge is -2.15. The van der Waals surface area contributed by atoms with Crippen molar-refractivity contribution in [2.24, 2.45) is 0 Å². The second-order valence-corrected chi connectivity index (χ2v) is 7.19. The third-order valence-electron chi connectivity index (χ3n) is 4.33. The van der Waals surface area contributed by atoms with Gasteiger partial charge in [0.2, 0.25) is 0 Å². The number of ether oxygens (including phenoxy) is 3. The molecule has 0 unspecified atom stereocenters. The Bertz CT molecular complexity index is 882. The molecule has 0 spiro atoms. The summed E-state index contributed by atoms with van der Waals surface area (Å²) < 4.78 is 17.6. The van der Waals surface area contributed by atoms with Gasteiger partial charge in [-0.2, -0.15) is 0 Å². The fourth-order valence-corrected chi connectivity index (χ4v) is 3.44. The molecule has 3 rings (SSSR count). The first-order chi connectivity index (χ1) is 13.7. The van der Waals surface area contributed by atoms with Gasteiger partial charge in [-0.1, -0.05) is 42.5 Å². The van der Waals surface area contributed by atoms with Gasteiger partial charge in [-0.3, -0.25) is 0 Å². The van der Waals surface area contributed by atoms with E-state index in [9.17, 15) is 0 Å². The van der Waals surface area contributed by atoms with E-state index in [4.69, 9.17) is 14.2 Å². The fraction of sp³-hybridized carbons (Fsp3) is 0.217. The first-order valence-electron chi connectivity index (χ1n) is 9.06. The molecule has 0 saturated heterocycles. The van der Waals surface area contributed by atoms with Crippen molar-refractivity contribution in [1.29, 1.82) is 0 Å². The second kappa shape index (κ2) is 10.2. The molecule has 3 aromatic carbocycles. The van der Waals surface area contributed by atoms with Crippen LogP contribution >= 0.6 is 15.9 Å². The van der Waals surface area contributed by atoms with Crippen LogP contribution in [0.1, 0.15) is 16.7 Å². The summed E-state index contributed by atoms with van der Waals surface area (Å²) in [6.45, 7) is 1.99. The number of rotatable bonds is 9. The molecule has 0 aliphatic carbocycles. The largest absolute Gasteiger partial charge is 0.497 e. The quantitative estimate of drug-likeness (QED) is 0.486. The van der Waals surface area contributed by atoms with Gasteiger partial charge in [0.25, 0.3) is 0 Å². The summed E-state index contributed by atoms with van der Waals surface area (Å²) in [5, 5.41) is 3.45. The van der Waals surface area contributed by atoms with E-state index < -0.39 is 0 Å². The number of nitrogens with one attached hydrogen (secondary N) is 1. The number of halogens is 1. The molecule has 0 fully saturated rings.